The summed E-state index contributed by atoms with van der Waals surface area (Å²) in [6.07, 6.45) is 6.65. The van der Waals surface area contributed by atoms with Gasteiger partial charge in [-0.15, -0.1) is 0 Å². The maximum Gasteiger partial charge on any atom is 0.375 e. The van der Waals surface area contributed by atoms with Crippen molar-refractivity contribution in [1.29, 1.82) is 0 Å². The maximum atomic E-state index is 12.2. The molecule has 0 amide bonds. The molecule has 24 heavy (non-hydrogen) atoms. The third kappa shape index (κ3) is 6.90. The fourth-order valence-electron chi connectivity index (χ4n) is 2.04. The van der Waals surface area contributed by atoms with Crippen LogP contribution in [0.3, 0.4) is 0 Å². The van der Waals surface area contributed by atoms with E-state index >= 15 is 0 Å². The average Bonchev–Trinajstić information content (AvgIpc) is 2.48. The molecule has 0 fully saturated rings. The van der Waals surface area contributed by atoms with Crippen LogP contribution in [0, 0.1) is 10.7 Å². The molecular weight excluding hydrogens is 653 g/mol. The average molecular weight is 671 g/mol. The van der Waals surface area contributed by atoms with Gasteiger partial charge in [0.2, 0.25) is 0 Å². The predicted molar refractivity (Wildman–Crippen MR) is 114 cm³/mol. The molecule has 0 aliphatic heterocycles. The molecule has 1 aromatic rings. The highest BCUT2D eigenvalue weighted by atomic mass is 127. The van der Waals surface area contributed by atoms with Gasteiger partial charge < -0.3 is 9.90 Å². The Morgan fingerprint density at radius 3 is 2.21 bits per heavy atom. The first-order valence-corrected chi connectivity index (χ1v) is 10.9. The van der Waals surface area contributed by atoms with Crippen LogP contribution in [0.5, 0.6) is 0 Å². The zero-order chi connectivity index (χ0) is 18.1. The van der Waals surface area contributed by atoms with Crippen molar-refractivity contribution < 1.29 is 24.5 Å². The highest BCUT2D eigenvalue weighted by Gasteiger charge is 2.22. The number of aromatic carboxylic acids is 1. The third-order valence-electron chi connectivity index (χ3n) is 3.29. The topological polar surface area (TPSA) is 75.7 Å². The van der Waals surface area contributed by atoms with E-state index in [0.717, 1.165) is 19.3 Å². The largest absolute Gasteiger partial charge is 0.545 e. The van der Waals surface area contributed by atoms with Crippen molar-refractivity contribution in [2.45, 2.75) is 45.4 Å². The number of benzene rings is 1. The fourth-order valence-corrected chi connectivity index (χ4v) is 6.29. The lowest BCUT2D eigenvalue weighted by Gasteiger charge is -2.14. The first-order valence-electron chi connectivity index (χ1n) is 7.62. The SMILES string of the molecule is CCCCCCCCOOC(=O)c1c(I)cc(I)c(C(=O)[O-])c1I. The van der Waals surface area contributed by atoms with E-state index in [0.29, 0.717) is 17.3 Å². The van der Waals surface area contributed by atoms with Gasteiger partial charge >= 0.3 is 5.97 Å². The number of carbonyl (C=O) groups excluding carboxylic acids is 2. The van der Waals surface area contributed by atoms with Crippen LogP contribution in [0.4, 0.5) is 0 Å². The Bertz CT molecular complexity index is 590. The molecule has 0 aliphatic carbocycles. The van der Waals surface area contributed by atoms with Crippen molar-refractivity contribution in [3.63, 3.8) is 0 Å². The van der Waals surface area contributed by atoms with Gasteiger partial charge in [-0.25, -0.2) is 4.79 Å². The molecular formula is C16H18I3O5-. The summed E-state index contributed by atoms with van der Waals surface area (Å²) in [4.78, 5) is 33.2. The zero-order valence-electron chi connectivity index (χ0n) is 13.2. The first-order chi connectivity index (χ1) is 11.4. The van der Waals surface area contributed by atoms with Gasteiger partial charge in [-0.2, -0.15) is 4.89 Å². The van der Waals surface area contributed by atoms with Gasteiger partial charge in [0.05, 0.1) is 18.1 Å². The van der Waals surface area contributed by atoms with E-state index in [9.17, 15) is 14.7 Å². The summed E-state index contributed by atoms with van der Waals surface area (Å²) in [7, 11) is 0. The van der Waals surface area contributed by atoms with Gasteiger partial charge in [0, 0.05) is 16.3 Å². The lowest BCUT2D eigenvalue weighted by molar-refractivity contribution is -0.255. The van der Waals surface area contributed by atoms with E-state index in [1.54, 1.807) is 6.07 Å². The standard InChI is InChI=1S/C16H19I3O5/c1-2-3-4-5-6-7-8-23-24-16(22)13-11(18)9-10(17)12(14(13)19)15(20)21/h9H,2-8H2,1H3,(H,20,21)/p-1. The van der Waals surface area contributed by atoms with Gasteiger partial charge in [0.1, 0.15) is 0 Å². The Hall–Kier alpha value is 0.310. The molecule has 5 nitrogen and oxygen atoms in total. The number of carbonyl (C=O) groups is 2. The number of unbranched alkanes of at least 4 members (excludes halogenated alkanes) is 5. The number of halogens is 3. The second-order valence-corrected chi connectivity index (χ2v) is 8.56. The first kappa shape index (κ1) is 22.4. The van der Waals surface area contributed by atoms with E-state index in [2.05, 4.69) is 6.92 Å². The van der Waals surface area contributed by atoms with Gasteiger partial charge in [-0.1, -0.05) is 39.0 Å². The van der Waals surface area contributed by atoms with E-state index in [4.69, 9.17) is 9.78 Å². The van der Waals surface area contributed by atoms with Gasteiger partial charge in [0.25, 0.3) is 0 Å². The molecule has 1 rings (SSSR count). The molecule has 0 aliphatic rings. The molecule has 134 valence electrons. The summed E-state index contributed by atoms with van der Waals surface area (Å²) >= 11 is 5.70. The van der Waals surface area contributed by atoms with E-state index in [-0.39, 0.29) is 11.1 Å². The summed E-state index contributed by atoms with van der Waals surface area (Å²) in [6, 6.07) is 1.61. The minimum atomic E-state index is -1.32. The number of hydrogen-bond acceptors (Lipinski definition) is 5. The highest BCUT2D eigenvalue weighted by molar-refractivity contribution is 14.1. The Kier molecular flexibility index (Phi) is 11.0. The second kappa shape index (κ2) is 11.8. The Morgan fingerprint density at radius 1 is 1.00 bits per heavy atom. The van der Waals surface area contributed by atoms with Crippen molar-refractivity contribution in [3.8, 4) is 0 Å². The van der Waals surface area contributed by atoms with E-state index < -0.39 is 11.9 Å². The van der Waals surface area contributed by atoms with Crippen LogP contribution in [0.25, 0.3) is 0 Å². The van der Waals surface area contributed by atoms with Crippen LogP contribution in [0.2, 0.25) is 0 Å². The van der Waals surface area contributed by atoms with Crippen LogP contribution in [-0.2, 0) is 9.78 Å². The van der Waals surface area contributed by atoms with Crippen LogP contribution < -0.4 is 5.11 Å². The Balaban J connectivity index is 2.57. The molecule has 0 heterocycles. The molecule has 0 atom stereocenters. The van der Waals surface area contributed by atoms with Crippen molar-refractivity contribution in [2.75, 3.05) is 6.61 Å². The Labute approximate surface area is 182 Å². The van der Waals surface area contributed by atoms with Crippen molar-refractivity contribution in [2.24, 2.45) is 0 Å². The molecule has 0 radical (unpaired) electrons. The molecule has 1 aromatic carbocycles. The van der Waals surface area contributed by atoms with E-state index in [1.807, 2.05) is 67.8 Å². The summed E-state index contributed by atoms with van der Waals surface area (Å²) in [5.41, 5.74) is 0.193. The van der Waals surface area contributed by atoms with Crippen LogP contribution in [-0.4, -0.2) is 18.5 Å². The number of rotatable bonds is 10. The van der Waals surface area contributed by atoms with Crippen LogP contribution in [0.15, 0.2) is 6.07 Å². The molecule has 8 heteroatoms. The molecule has 0 saturated heterocycles. The molecule has 0 N–H and O–H groups in total. The normalized spacial score (nSPS) is 10.7. The van der Waals surface area contributed by atoms with Crippen LogP contribution in [0.1, 0.15) is 66.2 Å². The minimum Gasteiger partial charge on any atom is -0.545 e. The zero-order valence-corrected chi connectivity index (χ0v) is 19.7. The van der Waals surface area contributed by atoms with Gasteiger partial charge in [-0.05, 0) is 80.3 Å². The summed E-state index contributed by atoms with van der Waals surface area (Å²) in [5.74, 6) is -2.00. The van der Waals surface area contributed by atoms with Gasteiger partial charge in [0.15, 0.2) is 0 Å². The van der Waals surface area contributed by atoms with Crippen molar-refractivity contribution in [1.82, 2.24) is 0 Å². The lowest BCUT2D eigenvalue weighted by atomic mass is 10.1. The second-order valence-electron chi connectivity index (χ2n) is 5.15. The maximum absolute atomic E-state index is 12.2. The number of carboxylic acid groups (broad SMARTS) is 1. The highest BCUT2D eigenvalue weighted by Crippen LogP contribution is 2.28. The molecule has 0 spiro atoms. The number of carboxylic acids is 1. The van der Waals surface area contributed by atoms with Crippen molar-refractivity contribution in [3.05, 3.63) is 27.9 Å². The van der Waals surface area contributed by atoms with Gasteiger partial charge in [-0.3, -0.25) is 4.89 Å². The smallest absolute Gasteiger partial charge is 0.375 e. The third-order valence-corrected chi connectivity index (χ3v) is 6.07. The predicted octanol–water partition coefficient (Wildman–Crippen LogP) is 4.31. The lowest BCUT2D eigenvalue weighted by Crippen LogP contribution is -2.26. The summed E-state index contributed by atoms with van der Waals surface area (Å²) in [5, 5.41) is 11.2. The Morgan fingerprint density at radius 2 is 1.58 bits per heavy atom. The quantitative estimate of drug-likeness (QED) is 0.161. The van der Waals surface area contributed by atoms with Crippen molar-refractivity contribution >= 4 is 79.7 Å². The molecule has 0 unspecified atom stereocenters. The summed E-state index contributed by atoms with van der Waals surface area (Å²) in [6.45, 7) is 2.50. The number of hydrogen-bond donors (Lipinski definition) is 0. The minimum absolute atomic E-state index is 0.000472. The fraction of sp³-hybridized carbons (Fsp3) is 0.500. The molecule has 0 saturated carbocycles. The van der Waals surface area contributed by atoms with Crippen LogP contribution >= 0.6 is 67.8 Å². The monoisotopic (exact) mass is 671 g/mol. The molecule has 0 aromatic heterocycles. The van der Waals surface area contributed by atoms with E-state index in [1.165, 1.54) is 19.3 Å². The summed E-state index contributed by atoms with van der Waals surface area (Å²) < 4.78 is 1.43. The molecule has 0 bridgehead atoms.